The number of methoxy groups -OCH3 is 1. The number of esters is 1. The predicted molar refractivity (Wildman–Crippen MR) is 56.8 cm³/mol. The predicted octanol–water partition coefficient (Wildman–Crippen LogP) is 0.768. The van der Waals surface area contributed by atoms with E-state index in [-0.39, 0.29) is 17.1 Å². The summed E-state index contributed by atoms with van der Waals surface area (Å²) >= 11 is 0. The minimum Gasteiger partial charge on any atom is -0.469 e. The zero-order valence-corrected chi connectivity index (χ0v) is 10.2. The third-order valence-corrected chi connectivity index (χ3v) is 2.67. The Hall–Kier alpha value is -0.650. The second kappa shape index (κ2) is 6.05. The Morgan fingerprint density at radius 2 is 2.07 bits per heavy atom. The van der Waals surface area contributed by atoms with Gasteiger partial charge in [-0.05, 0) is 27.2 Å². The van der Waals surface area contributed by atoms with Crippen molar-refractivity contribution < 1.29 is 19.5 Å². The lowest BCUT2D eigenvalue weighted by Crippen LogP contribution is -3.14. The number of rotatable bonds is 6. The monoisotopic (exact) mass is 218 g/mol. The van der Waals surface area contributed by atoms with Gasteiger partial charge in [0.1, 0.15) is 18.1 Å². The fourth-order valence-corrected chi connectivity index (χ4v) is 1.06. The SMILES string of the molecule is CCCO[NH+]([NH-])C(C)(C)C(C)C(=O)OC. The van der Waals surface area contributed by atoms with E-state index in [4.69, 9.17) is 10.7 Å². The number of quaternary nitrogens is 1. The summed E-state index contributed by atoms with van der Waals surface area (Å²) in [6, 6.07) is 0. The van der Waals surface area contributed by atoms with Crippen LogP contribution >= 0.6 is 0 Å². The van der Waals surface area contributed by atoms with Gasteiger partial charge in [0.05, 0.1) is 7.11 Å². The van der Waals surface area contributed by atoms with E-state index in [0.29, 0.717) is 6.61 Å². The third-order valence-electron chi connectivity index (χ3n) is 2.67. The van der Waals surface area contributed by atoms with Crippen LogP contribution in [0.2, 0.25) is 0 Å². The Morgan fingerprint density at radius 1 is 1.53 bits per heavy atom. The standard InChI is InChI=1S/C10H22N2O3/c1-6-7-15-12(11)10(3,4)8(2)9(13)14-5/h8,11-12H,6-7H2,1-5H3. The number of hydroxylamine groups is 1. The highest BCUT2D eigenvalue weighted by molar-refractivity contribution is 5.73. The van der Waals surface area contributed by atoms with Gasteiger partial charge in [0.15, 0.2) is 0 Å². The minimum absolute atomic E-state index is 0.141. The summed E-state index contributed by atoms with van der Waals surface area (Å²) in [7, 11) is 1.35. The molecule has 0 rings (SSSR count). The zero-order chi connectivity index (χ0) is 12.1. The van der Waals surface area contributed by atoms with E-state index in [2.05, 4.69) is 4.74 Å². The van der Waals surface area contributed by atoms with Crippen LogP contribution in [0.15, 0.2) is 0 Å². The molecule has 0 aliphatic heterocycles. The lowest BCUT2D eigenvalue weighted by atomic mass is 9.89. The lowest BCUT2D eigenvalue weighted by molar-refractivity contribution is -1.09. The van der Waals surface area contributed by atoms with Crippen molar-refractivity contribution in [3.63, 3.8) is 0 Å². The normalized spacial score (nSPS) is 15.9. The molecule has 0 saturated heterocycles. The Labute approximate surface area is 91.4 Å². The lowest BCUT2D eigenvalue weighted by Gasteiger charge is -2.38. The molecule has 2 N–H and O–H groups in total. The van der Waals surface area contributed by atoms with Crippen LogP contribution in [0.3, 0.4) is 0 Å². The molecule has 0 aromatic heterocycles. The molecule has 90 valence electrons. The fraction of sp³-hybridized carbons (Fsp3) is 0.900. The topological polar surface area (TPSA) is 63.8 Å². The first kappa shape index (κ1) is 14.3. The van der Waals surface area contributed by atoms with E-state index in [9.17, 15) is 4.79 Å². The van der Waals surface area contributed by atoms with Crippen LogP contribution in [-0.2, 0) is 14.4 Å². The number of hydrogen-bond acceptors (Lipinski definition) is 3. The van der Waals surface area contributed by atoms with E-state index in [1.807, 2.05) is 20.8 Å². The van der Waals surface area contributed by atoms with Gasteiger partial charge in [0, 0.05) is 0 Å². The summed E-state index contributed by atoms with van der Waals surface area (Å²) in [5.74, 6) is 7.07. The molecule has 0 saturated carbocycles. The first-order valence-corrected chi connectivity index (χ1v) is 5.17. The van der Waals surface area contributed by atoms with E-state index < -0.39 is 5.54 Å². The molecule has 0 aromatic rings. The van der Waals surface area contributed by atoms with Crippen molar-refractivity contribution in [1.82, 2.24) is 0 Å². The van der Waals surface area contributed by atoms with E-state index in [1.165, 1.54) is 7.11 Å². The Balaban J connectivity index is 4.43. The van der Waals surface area contributed by atoms with Crippen LogP contribution in [0.25, 0.3) is 5.84 Å². The first-order valence-electron chi connectivity index (χ1n) is 5.17. The summed E-state index contributed by atoms with van der Waals surface area (Å²) in [5.41, 5.74) is -0.623. The molecular formula is C10H22N2O3. The van der Waals surface area contributed by atoms with Gasteiger partial charge in [0.2, 0.25) is 0 Å². The van der Waals surface area contributed by atoms with Crippen molar-refractivity contribution >= 4 is 5.97 Å². The number of hydrogen-bond donors (Lipinski definition) is 1. The molecular weight excluding hydrogens is 196 g/mol. The molecule has 0 fully saturated rings. The maximum absolute atomic E-state index is 11.4. The highest BCUT2D eigenvalue weighted by Gasteiger charge is 2.38. The molecule has 0 amide bonds. The molecule has 0 bridgehead atoms. The van der Waals surface area contributed by atoms with Crippen molar-refractivity contribution in [2.24, 2.45) is 5.92 Å². The van der Waals surface area contributed by atoms with Crippen molar-refractivity contribution in [2.75, 3.05) is 13.7 Å². The zero-order valence-electron chi connectivity index (χ0n) is 10.2. The van der Waals surface area contributed by atoms with Gasteiger partial charge < -0.3 is 10.6 Å². The number of carbonyl (C=O) groups excluding carboxylic acids is 1. The summed E-state index contributed by atoms with van der Waals surface area (Å²) in [4.78, 5) is 16.6. The maximum atomic E-state index is 11.4. The molecule has 5 heteroatoms. The summed E-state index contributed by atoms with van der Waals surface area (Å²) in [6.45, 7) is 7.86. The van der Waals surface area contributed by atoms with Crippen molar-refractivity contribution in [3.8, 4) is 0 Å². The van der Waals surface area contributed by atoms with Crippen LogP contribution in [0.4, 0.5) is 0 Å². The Bertz CT molecular complexity index is 207. The van der Waals surface area contributed by atoms with Gasteiger partial charge in [-0.25, -0.2) is 4.84 Å². The molecule has 0 aliphatic carbocycles. The largest absolute Gasteiger partial charge is 0.469 e. The van der Waals surface area contributed by atoms with Gasteiger partial charge in [0.25, 0.3) is 0 Å². The molecule has 5 nitrogen and oxygen atoms in total. The van der Waals surface area contributed by atoms with Crippen LogP contribution in [-0.4, -0.2) is 25.2 Å². The van der Waals surface area contributed by atoms with Gasteiger partial charge in [-0.3, -0.25) is 9.97 Å². The summed E-state index contributed by atoms with van der Waals surface area (Å²) < 4.78 is 4.66. The molecule has 0 radical (unpaired) electrons. The molecule has 2 atom stereocenters. The molecule has 0 aliphatic rings. The summed E-state index contributed by atoms with van der Waals surface area (Å²) in [5, 5.41) is 0.141. The van der Waals surface area contributed by atoms with Crippen LogP contribution in [0, 0.1) is 5.92 Å². The van der Waals surface area contributed by atoms with Gasteiger partial charge in [-0.2, -0.15) is 0 Å². The van der Waals surface area contributed by atoms with E-state index >= 15 is 0 Å². The van der Waals surface area contributed by atoms with Crippen LogP contribution < -0.4 is 5.17 Å². The van der Waals surface area contributed by atoms with E-state index in [0.717, 1.165) is 6.42 Å². The summed E-state index contributed by atoms with van der Waals surface area (Å²) in [6.07, 6.45) is 0.852. The van der Waals surface area contributed by atoms with Gasteiger partial charge >= 0.3 is 5.97 Å². The van der Waals surface area contributed by atoms with Crippen molar-refractivity contribution in [3.05, 3.63) is 5.84 Å². The third kappa shape index (κ3) is 3.77. The average Bonchev–Trinajstić information content (AvgIpc) is 2.23. The van der Waals surface area contributed by atoms with E-state index in [1.54, 1.807) is 6.92 Å². The molecule has 2 unspecified atom stereocenters. The van der Waals surface area contributed by atoms with Crippen molar-refractivity contribution in [2.45, 2.75) is 39.7 Å². The molecule has 15 heavy (non-hydrogen) atoms. The fourth-order valence-electron chi connectivity index (χ4n) is 1.06. The quantitative estimate of drug-likeness (QED) is 0.529. The minimum atomic E-state index is -0.623. The molecule has 0 heterocycles. The number of ether oxygens (including phenoxy) is 1. The van der Waals surface area contributed by atoms with Gasteiger partial charge in [-0.15, -0.1) is 0 Å². The average molecular weight is 218 g/mol. The Morgan fingerprint density at radius 3 is 2.47 bits per heavy atom. The second-order valence-electron chi connectivity index (χ2n) is 4.14. The van der Waals surface area contributed by atoms with Gasteiger partial charge in [-0.1, -0.05) is 6.92 Å². The Kier molecular flexibility index (Phi) is 5.79. The van der Waals surface area contributed by atoms with Crippen molar-refractivity contribution in [1.29, 1.82) is 0 Å². The number of carbonyl (C=O) groups is 1. The smallest absolute Gasteiger partial charge is 0.314 e. The van der Waals surface area contributed by atoms with Crippen LogP contribution in [0.5, 0.6) is 0 Å². The number of nitrogens with one attached hydrogen (secondary N) is 2. The highest BCUT2D eigenvalue weighted by atomic mass is 16.7. The maximum Gasteiger partial charge on any atom is 0.314 e. The highest BCUT2D eigenvalue weighted by Crippen LogP contribution is 2.14. The second-order valence-corrected chi connectivity index (χ2v) is 4.14. The molecule has 0 aromatic carbocycles. The first-order chi connectivity index (χ1) is 6.87. The van der Waals surface area contributed by atoms with Crippen LogP contribution in [0.1, 0.15) is 34.1 Å². The molecule has 0 spiro atoms.